The average molecular weight is 326 g/mol. The molecule has 0 spiro atoms. The van der Waals surface area contributed by atoms with Gasteiger partial charge in [0.25, 0.3) is 0 Å². The molecule has 24 heavy (non-hydrogen) atoms. The van der Waals surface area contributed by atoms with Crippen molar-refractivity contribution in [1.29, 1.82) is 0 Å². The first-order valence-electron chi connectivity index (χ1n) is 8.69. The number of hydrogen-bond acceptors (Lipinski definition) is 3. The van der Waals surface area contributed by atoms with Crippen LogP contribution in [0, 0.1) is 5.92 Å². The zero-order valence-electron chi connectivity index (χ0n) is 14.5. The van der Waals surface area contributed by atoms with Crippen molar-refractivity contribution >= 4 is 11.6 Å². The minimum Gasteiger partial charge on any atom is -0.322 e. The molecule has 1 saturated heterocycles. The lowest BCUT2D eigenvalue weighted by Crippen LogP contribution is -2.46. The molecule has 1 aromatic carbocycles. The number of anilines is 1. The highest BCUT2D eigenvalue weighted by Crippen LogP contribution is 2.23. The fourth-order valence-electron chi connectivity index (χ4n) is 3.39. The number of hydrogen-bond donors (Lipinski definition) is 1. The predicted octanol–water partition coefficient (Wildman–Crippen LogP) is 2.70. The lowest BCUT2D eigenvalue weighted by atomic mass is 9.89. The zero-order valence-corrected chi connectivity index (χ0v) is 14.5. The van der Waals surface area contributed by atoms with Gasteiger partial charge in [0.15, 0.2) is 0 Å². The van der Waals surface area contributed by atoms with Crippen LogP contribution in [0.25, 0.3) is 0 Å². The molecule has 5 heteroatoms. The van der Waals surface area contributed by atoms with E-state index in [1.807, 2.05) is 20.2 Å². The number of piperidine rings is 1. The normalized spacial score (nSPS) is 17.6. The van der Waals surface area contributed by atoms with E-state index in [4.69, 9.17) is 0 Å². The minimum atomic E-state index is -0.108. The first kappa shape index (κ1) is 16.7. The molecule has 1 fully saturated rings. The van der Waals surface area contributed by atoms with Crippen molar-refractivity contribution < 1.29 is 4.79 Å². The topological polar surface area (TPSA) is 50.2 Å². The van der Waals surface area contributed by atoms with Crippen molar-refractivity contribution in [3.05, 3.63) is 48.3 Å². The van der Waals surface area contributed by atoms with Gasteiger partial charge in [0, 0.05) is 13.2 Å². The van der Waals surface area contributed by atoms with Crippen molar-refractivity contribution in [2.24, 2.45) is 13.0 Å². The minimum absolute atomic E-state index is 0.0458. The molecular formula is C19H26N4O. The maximum atomic E-state index is 12.4. The molecule has 0 aliphatic carbocycles. The molecule has 1 amide bonds. The summed E-state index contributed by atoms with van der Waals surface area (Å²) in [5, 5.41) is 7.03. The molecule has 128 valence electrons. The molecule has 0 radical (unpaired) electrons. The Bertz CT molecular complexity index is 659. The second-order valence-electron chi connectivity index (χ2n) is 6.74. The van der Waals surface area contributed by atoms with Gasteiger partial charge in [-0.25, -0.2) is 0 Å². The summed E-state index contributed by atoms with van der Waals surface area (Å²) < 4.78 is 1.69. The maximum absolute atomic E-state index is 12.4. The van der Waals surface area contributed by atoms with Crippen LogP contribution in [0.2, 0.25) is 0 Å². The summed E-state index contributed by atoms with van der Waals surface area (Å²) in [6, 6.07) is 10.6. The molecule has 3 rings (SSSR count). The van der Waals surface area contributed by atoms with E-state index < -0.39 is 0 Å². The van der Waals surface area contributed by atoms with E-state index in [0.717, 1.165) is 44.0 Å². The fourth-order valence-corrected chi connectivity index (χ4v) is 3.39. The maximum Gasteiger partial charge on any atom is 0.241 e. The molecule has 2 heterocycles. The van der Waals surface area contributed by atoms with Crippen LogP contribution in [0.5, 0.6) is 0 Å². The summed E-state index contributed by atoms with van der Waals surface area (Å²) in [5.74, 6) is 0.766. The Morgan fingerprint density at radius 1 is 1.29 bits per heavy atom. The van der Waals surface area contributed by atoms with Crippen LogP contribution in [0.4, 0.5) is 5.69 Å². The van der Waals surface area contributed by atoms with Crippen LogP contribution < -0.4 is 5.32 Å². The van der Waals surface area contributed by atoms with E-state index in [2.05, 4.69) is 45.6 Å². The van der Waals surface area contributed by atoms with E-state index in [1.54, 1.807) is 10.9 Å². The lowest BCUT2D eigenvalue weighted by Gasteiger charge is -2.35. The van der Waals surface area contributed by atoms with E-state index in [-0.39, 0.29) is 11.9 Å². The van der Waals surface area contributed by atoms with Crippen LogP contribution in [-0.4, -0.2) is 39.7 Å². The Morgan fingerprint density at radius 3 is 2.62 bits per heavy atom. The van der Waals surface area contributed by atoms with Crippen LogP contribution in [-0.2, 0) is 18.3 Å². The number of carbonyl (C=O) groups is 1. The lowest BCUT2D eigenvalue weighted by molar-refractivity contribution is -0.121. The van der Waals surface area contributed by atoms with Gasteiger partial charge < -0.3 is 5.32 Å². The molecule has 1 aliphatic heterocycles. The largest absolute Gasteiger partial charge is 0.322 e. The number of nitrogens with one attached hydrogen (secondary N) is 1. The first-order valence-corrected chi connectivity index (χ1v) is 8.69. The van der Waals surface area contributed by atoms with Gasteiger partial charge in [-0.1, -0.05) is 30.3 Å². The van der Waals surface area contributed by atoms with Crippen LogP contribution >= 0.6 is 0 Å². The number of amides is 1. The smallest absolute Gasteiger partial charge is 0.241 e. The Hall–Kier alpha value is -2.14. The van der Waals surface area contributed by atoms with Crippen molar-refractivity contribution in [1.82, 2.24) is 14.7 Å². The number of nitrogens with zero attached hydrogens (tertiary/aromatic N) is 3. The number of aryl methyl sites for hydroxylation is 1. The summed E-state index contributed by atoms with van der Waals surface area (Å²) in [6.07, 6.45) is 6.94. The van der Waals surface area contributed by atoms with E-state index in [1.165, 1.54) is 5.56 Å². The second-order valence-corrected chi connectivity index (χ2v) is 6.74. The predicted molar refractivity (Wildman–Crippen MR) is 95.7 cm³/mol. The van der Waals surface area contributed by atoms with E-state index >= 15 is 0 Å². The molecule has 0 saturated carbocycles. The molecular weight excluding hydrogens is 300 g/mol. The van der Waals surface area contributed by atoms with E-state index in [9.17, 15) is 4.79 Å². The second kappa shape index (κ2) is 7.62. The molecule has 5 nitrogen and oxygen atoms in total. The number of likely N-dealkylation sites (tertiary alicyclic amines) is 1. The summed E-state index contributed by atoms with van der Waals surface area (Å²) in [5.41, 5.74) is 2.17. The highest BCUT2D eigenvalue weighted by molar-refractivity contribution is 5.94. The fraction of sp³-hybridized carbons (Fsp3) is 0.474. The van der Waals surface area contributed by atoms with Gasteiger partial charge in [0.05, 0.1) is 17.9 Å². The third kappa shape index (κ3) is 4.23. The molecule has 1 atom stereocenters. The van der Waals surface area contributed by atoms with Gasteiger partial charge in [0.2, 0.25) is 5.91 Å². The number of carbonyl (C=O) groups excluding carboxylic acids is 1. The quantitative estimate of drug-likeness (QED) is 0.919. The number of aromatic nitrogens is 2. The SMILES string of the molecule is C[C@H](C(=O)Nc1cnn(C)c1)N1CCC(Cc2ccccc2)CC1. The molecule has 0 bridgehead atoms. The van der Waals surface area contributed by atoms with Gasteiger partial charge >= 0.3 is 0 Å². The molecule has 2 aromatic rings. The van der Waals surface area contributed by atoms with Crippen molar-refractivity contribution in [3.8, 4) is 0 Å². The zero-order chi connectivity index (χ0) is 16.9. The standard InChI is InChI=1S/C19H26N4O/c1-15(19(24)21-18-13-20-22(2)14-18)23-10-8-17(9-11-23)12-16-6-4-3-5-7-16/h3-7,13-15,17H,8-12H2,1-2H3,(H,21,24)/t15-/m1/s1. The molecule has 1 aliphatic rings. The third-order valence-corrected chi connectivity index (χ3v) is 4.92. The molecule has 1 aromatic heterocycles. The highest BCUT2D eigenvalue weighted by Gasteiger charge is 2.26. The van der Waals surface area contributed by atoms with E-state index in [0.29, 0.717) is 0 Å². The Kier molecular flexibility index (Phi) is 5.30. The Labute approximate surface area is 143 Å². The summed E-state index contributed by atoms with van der Waals surface area (Å²) in [7, 11) is 1.84. The molecule has 0 unspecified atom stereocenters. The average Bonchev–Trinajstić information content (AvgIpc) is 3.00. The summed E-state index contributed by atoms with van der Waals surface area (Å²) in [4.78, 5) is 14.7. The van der Waals surface area contributed by atoms with Crippen LogP contribution in [0.1, 0.15) is 25.3 Å². The monoisotopic (exact) mass is 326 g/mol. The van der Waals surface area contributed by atoms with Crippen LogP contribution in [0.3, 0.4) is 0 Å². The van der Waals surface area contributed by atoms with Crippen molar-refractivity contribution in [3.63, 3.8) is 0 Å². The summed E-state index contributed by atoms with van der Waals surface area (Å²) >= 11 is 0. The van der Waals surface area contributed by atoms with Gasteiger partial charge in [-0.15, -0.1) is 0 Å². The third-order valence-electron chi connectivity index (χ3n) is 4.92. The van der Waals surface area contributed by atoms with Crippen molar-refractivity contribution in [2.75, 3.05) is 18.4 Å². The number of rotatable bonds is 5. The summed E-state index contributed by atoms with van der Waals surface area (Å²) in [6.45, 7) is 3.96. The Morgan fingerprint density at radius 2 is 2.00 bits per heavy atom. The van der Waals surface area contributed by atoms with Gasteiger partial charge in [-0.3, -0.25) is 14.4 Å². The van der Waals surface area contributed by atoms with Crippen molar-refractivity contribution in [2.45, 2.75) is 32.2 Å². The van der Waals surface area contributed by atoms with Gasteiger partial charge in [0.1, 0.15) is 0 Å². The Balaban J connectivity index is 1.47. The molecule has 1 N–H and O–H groups in total. The highest BCUT2D eigenvalue weighted by atomic mass is 16.2. The number of benzene rings is 1. The van der Waals surface area contributed by atoms with Gasteiger partial charge in [-0.2, -0.15) is 5.10 Å². The first-order chi connectivity index (χ1) is 11.6. The van der Waals surface area contributed by atoms with Crippen LogP contribution in [0.15, 0.2) is 42.7 Å². The van der Waals surface area contributed by atoms with Gasteiger partial charge in [-0.05, 0) is 50.8 Å².